The molecule has 0 fully saturated rings. The highest BCUT2D eigenvalue weighted by atomic mass is 19.1. The number of hydrogen-bond acceptors (Lipinski definition) is 3. The van der Waals surface area contributed by atoms with Crippen LogP contribution in [0.2, 0.25) is 0 Å². The molecule has 0 saturated carbocycles. The fourth-order valence-corrected chi connectivity index (χ4v) is 1.89. The zero-order valence-corrected chi connectivity index (χ0v) is 11.8. The van der Waals surface area contributed by atoms with Gasteiger partial charge in [0.25, 0.3) is 0 Å². The third kappa shape index (κ3) is 5.00. The lowest BCUT2D eigenvalue weighted by Crippen LogP contribution is -2.11. The number of methoxy groups -OCH3 is 1. The summed E-state index contributed by atoms with van der Waals surface area (Å²) in [6, 6.07) is 13.4. The monoisotopic (exact) mass is 288 g/mol. The normalized spacial score (nSPS) is 10.4. The number of halogens is 1. The summed E-state index contributed by atoms with van der Waals surface area (Å²) in [5.74, 6) is 0.447. The summed E-state index contributed by atoms with van der Waals surface area (Å²) < 4.78 is 23.2. The molecule has 0 aliphatic heterocycles. The van der Waals surface area contributed by atoms with E-state index in [2.05, 4.69) is 0 Å². The Morgan fingerprint density at radius 1 is 1.00 bits per heavy atom. The van der Waals surface area contributed by atoms with E-state index in [1.807, 2.05) is 24.3 Å². The summed E-state index contributed by atoms with van der Waals surface area (Å²) >= 11 is 0. The van der Waals surface area contributed by atoms with Gasteiger partial charge in [-0.2, -0.15) is 0 Å². The third-order valence-electron chi connectivity index (χ3n) is 3.01. The number of ketones is 1. The largest absolute Gasteiger partial charge is 0.497 e. The maximum Gasteiger partial charge on any atom is 0.162 e. The van der Waals surface area contributed by atoms with Crippen LogP contribution in [-0.2, 0) is 22.6 Å². The van der Waals surface area contributed by atoms with Crippen molar-refractivity contribution in [3.8, 4) is 5.75 Å². The Morgan fingerprint density at radius 2 is 1.62 bits per heavy atom. The molecule has 0 aromatic heterocycles. The van der Waals surface area contributed by atoms with E-state index in [4.69, 9.17) is 9.47 Å². The van der Waals surface area contributed by atoms with Crippen LogP contribution in [0.15, 0.2) is 48.5 Å². The first-order valence-electron chi connectivity index (χ1n) is 6.64. The second kappa shape index (κ2) is 7.55. The minimum atomic E-state index is -0.304. The first kappa shape index (κ1) is 15.2. The van der Waals surface area contributed by atoms with Gasteiger partial charge in [-0.15, -0.1) is 0 Å². The lowest BCUT2D eigenvalue weighted by molar-refractivity contribution is -0.123. The molecular weight excluding hydrogens is 271 g/mol. The molecule has 0 radical (unpaired) electrons. The number of rotatable bonds is 7. The van der Waals surface area contributed by atoms with Crippen LogP contribution in [0.4, 0.5) is 4.39 Å². The molecule has 0 aliphatic rings. The molecule has 0 saturated heterocycles. The highest BCUT2D eigenvalue weighted by molar-refractivity contribution is 5.82. The zero-order chi connectivity index (χ0) is 15.1. The zero-order valence-electron chi connectivity index (χ0n) is 11.8. The molecule has 0 bridgehead atoms. The number of ether oxygens (including phenoxy) is 2. The van der Waals surface area contributed by atoms with Crippen LogP contribution in [0, 0.1) is 5.82 Å². The minimum absolute atomic E-state index is 0.0323. The van der Waals surface area contributed by atoms with E-state index in [0.717, 1.165) is 16.9 Å². The predicted octanol–water partition coefficient (Wildman–Crippen LogP) is 3.16. The average molecular weight is 288 g/mol. The molecule has 3 nitrogen and oxygen atoms in total. The van der Waals surface area contributed by atoms with Gasteiger partial charge in [0.05, 0.1) is 13.7 Å². The average Bonchev–Trinajstić information content (AvgIpc) is 2.50. The fourth-order valence-electron chi connectivity index (χ4n) is 1.89. The van der Waals surface area contributed by atoms with Crippen molar-refractivity contribution in [3.63, 3.8) is 0 Å². The van der Waals surface area contributed by atoms with Crippen LogP contribution < -0.4 is 4.74 Å². The predicted molar refractivity (Wildman–Crippen MR) is 77.8 cm³/mol. The SMILES string of the molecule is COc1ccc(COCC(=O)Cc2ccc(F)cc2)cc1. The van der Waals surface area contributed by atoms with Gasteiger partial charge in [0, 0.05) is 6.42 Å². The Labute approximate surface area is 123 Å². The molecule has 4 heteroatoms. The summed E-state index contributed by atoms with van der Waals surface area (Å²) in [5, 5.41) is 0. The van der Waals surface area contributed by atoms with Crippen LogP contribution in [0.3, 0.4) is 0 Å². The number of carbonyl (C=O) groups excluding carboxylic acids is 1. The Balaban J connectivity index is 1.74. The van der Waals surface area contributed by atoms with Crippen molar-refractivity contribution < 1.29 is 18.7 Å². The highest BCUT2D eigenvalue weighted by Crippen LogP contribution is 2.12. The van der Waals surface area contributed by atoms with Crippen molar-refractivity contribution >= 4 is 5.78 Å². The van der Waals surface area contributed by atoms with E-state index in [0.29, 0.717) is 6.61 Å². The van der Waals surface area contributed by atoms with Crippen molar-refractivity contribution in [2.45, 2.75) is 13.0 Å². The first-order valence-corrected chi connectivity index (χ1v) is 6.64. The number of Topliss-reactive ketones (excluding diaryl/α,β-unsaturated/α-hetero) is 1. The molecule has 0 N–H and O–H groups in total. The van der Waals surface area contributed by atoms with Gasteiger partial charge in [-0.05, 0) is 35.4 Å². The van der Waals surface area contributed by atoms with Gasteiger partial charge < -0.3 is 9.47 Å². The van der Waals surface area contributed by atoms with Gasteiger partial charge in [-0.1, -0.05) is 24.3 Å². The second-order valence-electron chi connectivity index (χ2n) is 4.68. The van der Waals surface area contributed by atoms with E-state index in [1.54, 1.807) is 19.2 Å². The minimum Gasteiger partial charge on any atom is -0.497 e. The van der Waals surface area contributed by atoms with Crippen LogP contribution in [0.1, 0.15) is 11.1 Å². The maximum atomic E-state index is 12.7. The first-order chi connectivity index (χ1) is 10.2. The molecule has 110 valence electrons. The molecule has 0 unspecified atom stereocenters. The topological polar surface area (TPSA) is 35.5 Å². The Hall–Kier alpha value is -2.20. The third-order valence-corrected chi connectivity index (χ3v) is 3.01. The summed E-state index contributed by atoms with van der Waals surface area (Å²) in [6.45, 7) is 0.419. The van der Waals surface area contributed by atoms with Crippen molar-refractivity contribution in [2.75, 3.05) is 13.7 Å². The molecule has 0 amide bonds. The summed E-state index contributed by atoms with van der Waals surface area (Å²) in [7, 11) is 1.61. The summed E-state index contributed by atoms with van der Waals surface area (Å²) in [4.78, 5) is 11.7. The molecule has 0 spiro atoms. The number of carbonyl (C=O) groups is 1. The van der Waals surface area contributed by atoms with Gasteiger partial charge in [0.1, 0.15) is 18.2 Å². The van der Waals surface area contributed by atoms with E-state index < -0.39 is 0 Å². The maximum absolute atomic E-state index is 12.7. The van der Waals surface area contributed by atoms with Crippen molar-refractivity contribution in [1.82, 2.24) is 0 Å². The van der Waals surface area contributed by atoms with Crippen molar-refractivity contribution in [1.29, 1.82) is 0 Å². The van der Waals surface area contributed by atoms with Gasteiger partial charge >= 0.3 is 0 Å². The van der Waals surface area contributed by atoms with Gasteiger partial charge in [-0.25, -0.2) is 4.39 Å². The Bertz CT molecular complexity index is 576. The van der Waals surface area contributed by atoms with E-state index in [1.165, 1.54) is 12.1 Å². The van der Waals surface area contributed by atoms with Crippen LogP contribution >= 0.6 is 0 Å². The molecule has 21 heavy (non-hydrogen) atoms. The quantitative estimate of drug-likeness (QED) is 0.785. The molecule has 2 rings (SSSR count). The summed E-state index contributed by atoms with van der Waals surface area (Å²) in [5.41, 5.74) is 1.76. The molecule has 0 aliphatic carbocycles. The second-order valence-corrected chi connectivity index (χ2v) is 4.68. The van der Waals surface area contributed by atoms with Gasteiger partial charge in [0.2, 0.25) is 0 Å². The smallest absolute Gasteiger partial charge is 0.162 e. The summed E-state index contributed by atoms with van der Waals surface area (Å²) in [6.07, 6.45) is 0.253. The fraction of sp³-hybridized carbons (Fsp3) is 0.235. The van der Waals surface area contributed by atoms with Crippen LogP contribution in [0.25, 0.3) is 0 Å². The number of benzene rings is 2. The van der Waals surface area contributed by atoms with E-state index >= 15 is 0 Å². The lowest BCUT2D eigenvalue weighted by atomic mass is 10.1. The van der Waals surface area contributed by atoms with Crippen molar-refractivity contribution in [2.24, 2.45) is 0 Å². The Kier molecular flexibility index (Phi) is 5.46. The Morgan fingerprint density at radius 3 is 2.24 bits per heavy atom. The van der Waals surface area contributed by atoms with E-state index in [-0.39, 0.29) is 24.6 Å². The molecule has 0 heterocycles. The number of hydrogen-bond donors (Lipinski definition) is 0. The molecule has 0 atom stereocenters. The lowest BCUT2D eigenvalue weighted by Gasteiger charge is -2.05. The van der Waals surface area contributed by atoms with Gasteiger partial charge in [-0.3, -0.25) is 4.79 Å². The van der Waals surface area contributed by atoms with Crippen molar-refractivity contribution in [3.05, 3.63) is 65.5 Å². The molecular formula is C17H17FO3. The standard InChI is InChI=1S/C17H17FO3/c1-20-17-8-4-14(5-9-17)11-21-12-16(19)10-13-2-6-15(18)7-3-13/h2-9H,10-12H2,1H3. The molecule has 2 aromatic carbocycles. The van der Waals surface area contributed by atoms with E-state index in [9.17, 15) is 9.18 Å². The molecule has 2 aromatic rings. The van der Waals surface area contributed by atoms with Crippen LogP contribution in [0.5, 0.6) is 5.75 Å². The van der Waals surface area contributed by atoms with Gasteiger partial charge in [0.15, 0.2) is 5.78 Å². The van der Waals surface area contributed by atoms with Crippen LogP contribution in [-0.4, -0.2) is 19.5 Å². The highest BCUT2D eigenvalue weighted by Gasteiger charge is 2.05.